The van der Waals surface area contributed by atoms with Crippen LogP contribution in [0, 0.1) is 29.6 Å². The number of carbonyl (C=O) groups is 4. The first kappa shape index (κ1) is 49.2. The number of ether oxygens (including phenoxy) is 4. The minimum absolute atomic E-state index is 0.0355. The fourth-order valence-corrected chi connectivity index (χ4v) is 9.32. The summed E-state index contributed by atoms with van der Waals surface area (Å²) in [6, 6.07) is -1.11. The monoisotopic (exact) mass is 825 g/mol. The molecule has 2 aliphatic heterocycles. The van der Waals surface area contributed by atoms with Crippen molar-refractivity contribution in [1.29, 1.82) is 0 Å². The Labute approximate surface area is 346 Å². The van der Waals surface area contributed by atoms with Crippen LogP contribution in [0.25, 0.3) is 0 Å². The SMILES string of the molecule is CC[C@@H]1/C=C(\C)C[C@H](C)C[C@H](OC)[C@@H](O)[C@@H](OC)C[C@@H](C)[C@](C)(O)C(=O)C(=O)N2CCCC[C@H]2C(=O)O[C@H](/C(C)=C/[C@@H]2CC[C@H](Cl)[C@H](OC)C2)[C@H](C)[C@@H](O)CC1=O. The molecule has 2 heterocycles. The number of carbonyl (C=O) groups excluding carboxylic acids is 4. The van der Waals surface area contributed by atoms with Gasteiger partial charge in [0, 0.05) is 46.1 Å². The smallest absolute Gasteiger partial charge is 0.329 e. The molecule has 2 fully saturated rings. The maximum absolute atomic E-state index is 14.2. The zero-order valence-electron chi connectivity index (χ0n) is 36.1. The van der Waals surface area contributed by atoms with Crippen LogP contribution in [0.1, 0.15) is 119 Å². The number of halogens is 1. The standard InChI is InChI=1S/C44H72ClNO11/c1-11-31-19-25(2)18-26(3)20-37(55-9)39(49)38(56-10)22-28(5)44(7,53)41(50)42(51)46-17-13-12-14-33(46)43(52)57-40(29(6)34(47)24-35(31)48)27(4)21-30-15-16-32(45)36(23-30)54-8/h19,21,26,28-34,36-40,47,49,53H,11-18,20,22-24H2,1-10H3/b25-19+,27-21+/t26-,28+,29+,30-,31+,32-,33-,34-,36+,37-,38-,39+,40+,44-/m0/s1. The number of rotatable bonds is 6. The number of aliphatic hydroxyl groups is 3. The van der Waals surface area contributed by atoms with Crippen LogP contribution in [0.2, 0.25) is 0 Å². The third kappa shape index (κ3) is 12.9. The molecule has 12 nitrogen and oxygen atoms in total. The van der Waals surface area contributed by atoms with Gasteiger partial charge < -0.3 is 39.2 Å². The van der Waals surface area contributed by atoms with Gasteiger partial charge in [0.2, 0.25) is 0 Å². The van der Waals surface area contributed by atoms with Gasteiger partial charge in [0.05, 0.1) is 29.8 Å². The van der Waals surface area contributed by atoms with Crippen molar-refractivity contribution in [2.45, 2.75) is 173 Å². The molecule has 0 bridgehead atoms. The molecule has 326 valence electrons. The molecule has 0 aromatic carbocycles. The highest BCUT2D eigenvalue weighted by atomic mass is 35.5. The van der Waals surface area contributed by atoms with Gasteiger partial charge in [0.25, 0.3) is 11.7 Å². The highest BCUT2D eigenvalue weighted by Gasteiger charge is 2.47. The number of nitrogens with zero attached hydrogens (tertiary/aromatic N) is 1. The Morgan fingerprint density at radius 1 is 0.947 bits per heavy atom. The van der Waals surface area contributed by atoms with Crippen LogP contribution in [0.15, 0.2) is 23.3 Å². The molecule has 0 radical (unpaired) electrons. The van der Waals surface area contributed by atoms with Crippen molar-refractivity contribution in [2.24, 2.45) is 29.6 Å². The van der Waals surface area contributed by atoms with Crippen LogP contribution >= 0.6 is 11.6 Å². The predicted molar refractivity (Wildman–Crippen MR) is 219 cm³/mol. The Hall–Kier alpha value is -2.19. The van der Waals surface area contributed by atoms with Crippen molar-refractivity contribution in [2.75, 3.05) is 27.9 Å². The number of aliphatic hydroxyl groups excluding tert-OH is 2. The van der Waals surface area contributed by atoms with Gasteiger partial charge in [-0.25, -0.2) is 4.79 Å². The molecule has 0 spiro atoms. The number of fused-ring (bicyclic) bond motifs is 1. The number of allylic oxidation sites excluding steroid dienone is 3. The van der Waals surface area contributed by atoms with Crippen LogP contribution in [0.4, 0.5) is 0 Å². The molecule has 0 unspecified atom stereocenters. The van der Waals surface area contributed by atoms with E-state index in [9.17, 15) is 34.5 Å². The topological polar surface area (TPSA) is 169 Å². The van der Waals surface area contributed by atoms with Crippen LogP contribution in [0.3, 0.4) is 0 Å². The first-order valence-electron chi connectivity index (χ1n) is 21.1. The Kier molecular flexibility index (Phi) is 19.3. The molecule has 1 aliphatic carbocycles. The molecule has 57 heavy (non-hydrogen) atoms. The van der Waals surface area contributed by atoms with Gasteiger partial charge in [0.15, 0.2) is 0 Å². The van der Waals surface area contributed by atoms with Gasteiger partial charge in [-0.1, -0.05) is 45.4 Å². The lowest BCUT2D eigenvalue weighted by Crippen LogP contribution is -2.57. The molecule has 14 atom stereocenters. The Morgan fingerprint density at radius 3 is 2.19 bits per heavy atom. The summed E-state index contributed by atoms with van der Waals surface area (Å²) >= 11 is 6.52. The number of piperidine rings is 1. The quantitative estimate of drug-likeness (QED) is 0.129. The van der Waals surface area contributed by atoms with Gasteiger partial charge in [-0.2, -0.15) is 0 Å². The fourth-order valence-electron chi connectivity index (χ4n) is 8.99. The van der Waals surface area contributed by atoms with E-state index in [0.29, 0.717) is 44.1 Å². The van der Waals surface area contributed by atoms with Crippen molar-refractivity contribution in [3.8, 4) is 0 Å². The zero-order valence-corrected chi connectivity index (χ0v) is 36.8. The maximum atomic E-state index is 14.2. The van der Waals surface area contributed by atoms with E-state index in [2.05, 4.69) is 0 Å². The summed E-state index contributed by atoms with van der Waals surface area (Å²) < 4.78 is 23.3. The molecule has 1 saturated heterocycles. The molecular formula is C44H72ClNO11. The van der Waals surface area contributed by atoms with Crippen molar-refractivity contribution in [3.05, 3.63) is 23.3 Å². The highest BCUT2D eigenvalue weighted by molar-refractivity contribution is 6.39. The second-order valence-electron chi connectivity index (χ2n) is 17.5. The largest absolute Gasteiger partial charge is 0.456 e. The van der Waals surface area contributed by atoms with Gasteiger partial charge in [-0.3, -0.25) is 14.4 Å². The van der Waals surface area contributed by atoms with E-state index in [1.807, 2.05) is 39.8 Å². The van der Waals surface area contributed by atoms with E-state index < -0.39 is 77.6 Å². The van der Waals surface area contributed by atoms with Crippen molar-refractivity contribution >= 4 is 35.0 Å². The van der Waals surface area contributed by atoms with Crippen LogP contribution < -0.4 is 0 Å². The number of ketones is 2. The fraction of sp³-hybridized carbons (Fsp3) is 0.818. The van der Waals surface area contributed by atoms with Gasteiger partial charge >= 0.3 is 5.97 Å². The van der Waals surface area contributed by atoms with E-state index in [1.54, 1.807) is 21.0 Å². The van der Waals surface area contributed by atoms with Crippen molar-refractivity contribution in [3.63, 3.8) is 0 Å². The normalized spacial score (nSPS) is 40.5. The van der Waals surface area contributed by atoms with Crippen LogP contribution in [-0.4, -0.2) is 125 Å². The molecule has 0 aromatic rings. The maximum Gasteiger partial charge on any atom is 0.329 e. The van der Waals surface area contributed by atoms with Gasteiger partial charge in [0.1, 0.15) is 29.6 Å². The third-order valence-electron chi connectivity index (χ3n) is 13.0. The van der Waals surface area contributed by atoms with Crippen LogP contribution in [-0.2, 0) is 38.1 Å². The second-order valence-corrected chi connectivity index (χ2v) is 18.0. The summed E-state index contributed by atoms with van der Waals surface area (Å²) in [5, 5.41) is 34.7. The van der Waals surface area contributed by atoms with Gasteiger partial charge in [-0.05, 0) is 108 Å². The van der Waals surface area contributed by atoms with Crippen molar-refractivity contribution in [1.82, 2.24) is 4.90 Å². The molecule has 0 aromatic heterocycles. The summed E-state index contributed by atoms with van der Waals surface area (Å²) in [5.74, 6) is -4.79. The number of alkyl halides is 1. The van der Waals surface area contributed by atoms with E-state index in [1.165, 1.54) is 26.0 Å². The molecule has 3 rings (SSSR count). The lowest BCUT2D eigenvalue weighted by molar-refractivity contribution is -0.169. The number of cyclic esters (lactones) is 1. The van der Waals surface area contributed by atoms with Crippen LogP contribution in [0.5, 0.6) is 0 Å². The number of amides is 1. The highest BCUT2D eigenvalue weighted by Crippen LogP contribution is 2.35. The number of hydrogen-bond donors (Lipinski definition) is 3. The molecule has 1 saturated carbocycles. The Balaban J connectivity index is 2.08. The van der Waals surface area contributed by atoms with Gasteiger partial charge in [-0.15, -0.1) is 11.6 Å². The summed E-state index contributed by atoms with van der Waals surface area (Å²) in [6.07, 6.45) is 4.26. The number of methoxy groups -OCH3 is 3. The molecule has 3 aliphatic rings. The van der Waals surface area contributed by atoms with E-state index >= 15 is 0 Å². The Morgan fingerprint density at radius 2 is 1.58 bits per heavy atom. The zero-order chi connectivity index (χ0) is 42.8. The van der Waals surface area contributed by atoms with E-state index in [4.69, 9.17) is 30.5 Å². The predicted octanol–water partition coefficient (Wildman–Crippen LogP) is 5.74. The molecular weight excluding hydrogens is 754 g/mol. The first-order chi connectivity index (χ1) is 26.8. The van der Waals surface area contributed by atoms with E-state index in [-0.39, 0.29) is 54.9 Å². The molecule has 1 amide bonds. The third-order valence-corrected chi connectivity index (χ3v) is 13.5. The number of Topliss-reactive ketones (excluding diaryl/α,β-unsaturated/α-hetero) is 2. The minimum atomic E-state index is -2.16. The average Bonchev–Trinajstić information content (AvgIpc) is 3.18. The summed E-state index contributed by atoms with van der Waals surface area (Å²) in [6.45, 7) is 12.5. The summed E-state index contributed by atoms with van der Waals surface area (Å²) in [5.41, 5.74) is -0.465. The first-order valence-corrected chi connectivity index (χ1v) is 21.5. The molecule has 3 N–H and O–H groups in total. The summed E-state index contributed by atoms with van der Waals surface area (Å²) in [4.78, 5) is 57.2. The average molecular weight is 827 g/mol. The lowest BCUT2D eigenvalue weighted by Gasteiger charge is -2.39. The van der Waals surface area contributed by atoms with Crippen molar-refractivity contribution < 1.29 is 53.4 Å². The summed E-state index contributed by atoms with van der Waals surface area (Å²) in [7, 11) is 4.58. The number of esters is 1. The molecule has 13 heteroatoms. The Bertz CT molecular complexity index is 1420. The number of hydrogen-bond acceptors (Lipinski definition) is 11. The second kappa shape index (κ2) is 22.4. The minimum Gasteiger partial charge on any atom is -0.456 e. The lowest BCUT2D eigenvalue weighted by atomic mass is 9.80. The van der Waals surface area contributed by atoms with E-state index in [0.717, 1.165) is 18.4 Å².